The van der Waals surface area contributed by atoms with Crippen LogP contribution in [0.25, 0.3) is 0 Å². The van der Waals surface area contributed by atoms with Gasteiger partial charge in [-0.25, -0.2) is 13.1 Å². The zero-order valence-electron chi connectivity index (χ0n) is 13.5. The first-order chi connectivity index (χ1) is 10.5. The molecule has 2 N–H and O–H groups in total. The third kappa shape index (κ3) is 5.41. The van der Waals surface area contributed by atoms with E-state index in [0.717, 1.165) is 24.9 Å². The van der Waals surface area contributed by atoms with Crippen LogP contribution in [0.3, 0.4) is 0 Å². The van der Waals surface area contributed by atoms with E-state index in [2.05, 4.69) is 10.0 Å². The molecule has 6 nitrogen and oxygen atoms in total. The molecule has 0 radical (unpaired) electrons. The highest BCUT2D eigenvalue weighted by molar-refractivity contribution is 7.89. The molecule has 0 spiro atoms. The van der Waals surface area contributed by atoms with Crippen molar-refractivity contribution in [2.75, 3.05) is 33.9 Å². The molecule has 1 aliphatic heterocycles. The average Bonchev–Trinajstić information content (AvgIpc) is 2.96. The molecule has 1 atom stereocenters. The van der Waals surface area contributed by atoms with Crippen LogP contribution in [0.4, 0.5) is 0 Å². The number of hydrogen-bond acceptors (Lipinski definition) is 5. The van der Waals surface area contributed by atoms with Gasteiger partial charge in [-0.1, -0.05) is 12.1 Å². The summed E-state index contributed by atoms with van der Waals surface area (Å²) in [6.07, 6.45) is 1.92. The molecule has 0 aliphatic carbocycles. The second kappa shape index (κ2) is 8.96. The van der Waals surface area contributed by atoms with Crippen molar-refractivity contribution in [3.8, 4) is 0 Å². The molecule has 0 bridgehead atoms. The average molecular weight is 365 g/mol. The summed E-state index contributed by atoms with van der Waals surface area (Å²) in [5.41, 5.74) is 0.516. The van der Waals surface area contributed by atoms with E-state index in [1.54, 1.807) is 32.4 Å². The minimum Gasteiger partial charge on any atom is -0.383 e. The van der Waals surface area contributed by atoms with Crippen LogP contribution >= 0.6 is 12.4 Å². The van der Waals surface area contributed by atoms with E-state index in [9.17, 15) is 8.42 Å². The maximum Gasteiger partial charge on any atom is 0.240 e. The molecule has 23 heavy (non-hydrogen) atoms. The van der Waals surface area contributed by atoms with Gasteiger partial charge in [-0.05, 0) is 37.1 Å². The van der Waals surface area contributed by atoms with Crippen LogP contribution in [0.1, 0.15) is 18.4 Å². The maximum atomic E-state index is 12.5. The lowest BCUT2D eigenvalue weighted by molar-refractivity contribution is 0.122. The minimum atomic E-state index is -3.55. The molecule has 8 heteroatoms. The van der Waals surface area contributed by atoms with Gasteiger partial charge in [0, 0.05) is 20.8 Å². The Morgan fingerprint density at radius 2 is 2.09 bits per heavy atom. The van der Waals surface area contributed by atoms with E-state index in [4.69, 9.17) is 9.47 Å². The SMILES string of the molecule is COCc1cccc(S(=O)(=O)NCC2(COC)CCCN2)c1.Cl. The first kappa shape index (κ1) is 20.3. The lowest BCUT2D eigenvalue weighted by atomic mass is 9.99. The fourth-order valence-corrected chi connectivity index (χ4v) is 3.95. The molecule has 1 aromatic carbocycles. The zero-order valence-corrected chi connectivity index (χ0v) is 15.1. The highest BCUT2D eigenvalue weighted by Crippen LogP contribution is 2.20. The van der Waals surface area contributed by atoms with E-state index in [-0.39, 0.29) is 22.8 Å². The summed E-state index contributed by atoms with van der Waals surface area (Å²) in [5.74, 6) is 0. The van der Waals surface area contributed by atoms with Gasteiger partial charge in [0.25, 0.3) is 0 Å². The van der Waals surface area contributed by atoms with Crippen LogP contribution in [-0.4, -0.2) is 47.9 Å². The molecule has 0 amide bonds. The topological polar surface area (TPSA) is 76.7 Å². The van der Waals surface area contributed by atoms with Gasteiger partial charge in [-0.15, -0.1) is 12.4 Å². The summed E-state index contributed by atoms with van der Waals surface area (Å²) >= 11 is 0. The largest absolute Gasteiger partial charge is 0.383 e. The Balaban J connectivity index is 0.00000264. The number of nitrogens with one attached hydrogen (secondary N) is 2. The van der Waals surface area contributed by atoms with Crippen LogP contribution in [0, 0.1) is 0 Å². The highest BCUT2D eigenvalue weighted by Gasteiger charge is 2.34. The smallest absolute Gasteiger partial charge is 0.240 e. The van der Waals surface area contributed by atoms with Gasteiger partial charge in [0.2, 0.25) is 10.0 Å². The normalized spacial score (nSPS) is 21.1. The van der Waals surface area contributed by atoms with Crippen LogP contribution in [-0.2, 0) is 26.1 Å². The predicted molar refractivity (Wildman–Crippen MR) is 91.4 cm³/mol. The third-order valence-electron chi connectivity index (χ3n) is 3.87. The first-order valence-corrected chi connectivity index (χ1v) is 8.81. The van der Waals surface area contributed by atoms with Crippen molar-refractivity contribution in [3.05, 3.63) is 29.8 Å². The van der Waals surface area contributed by atoms with Gasteiger partial charge < -0.3 is 14.8 Å². The van der Waals surface area contributed by atoms with Gasteiger partial charge in [0.05, 0.1) is 23.6 Å². The van der Waals surface area contributed by atoms with E-state index < -0.39 is 10.0 Å². The van der Waals surface area contributed by atoms with E-state index in [0.29, 0.717) is 19.8 Å². The molecule has 1 fully saturated rings. The van der Waals surface area contributed by atoms with Crippen molar-refractivity contribution in [1.82, 2.24) is 10.0 Å². The quantitative estimate of drug-likeness (QED) is 0.727. The fourth-order valence-electron chi connectivity index (χ4n) is 2.76. The Morgan fingerprint density at radius 1 is 1.30 bits per heavy atom. The minimum absolute atomic E-state index is 0. The molecule has 1 heterocycles. The molecule has 1 saturated heterocycles. The van der Waals surface area contributed by atoms with Gasteiger partial charge >= 0.3 is 0 Å². The summed E-state index contributed by atoms with van der Waals surface area (Å²) in [4.78, 5) is 0.257. The summed E-state index contributed by atoms with van der Waals surface area (Å²) in [5, 5.41) is 3.35. The fraction of sp³-hybridized carbons (Fsp3) is 0.600. The Labute approximate surface area is 144 Å². The van der Waals surface area contributed by atoms with Crippen molar-refractivity contribution in [1.29, 1.82) is 0 Å². The van der Waals surface area contributed by atoms with Gasteiger partial charge in [-0.2, -0.15) is 0 Å². The Kier molecular flexibility index (Phi) is 7.93. The first-order valence-electron chi connectivity index (χ1n) is 7.33. The number of methoxy groups -OCH3 is 2. The number of benzene rings is 1. The van der Waals surface area contributed by atoms with Crippen LogP contribution in [0.2, 0.25) is 0 Å². The molecule has 0 saturated carbocycles. The highest BCUT2D eigenvalue weighted by atomic mass is 35.5. The summed E-state index contributed by atoms with van der Waals surface area (Å²) in [6, 6.07) is 6.79. The Hall–Kier alpha value is -0.700. The van der Waals surface area contributed by atoms with Crippen molar-refractivity contribution < 1.29 is 17.9 Å². The lowest BCUT2D eigenvalue weighted by Gasteiger charge is -2.28. The molecule has 132 valence electrons. The molecular weight excluding hydrogens is 340 g/mol. The predicted octanol–water partition coefficient (Wildman–Crippen LogP) is 1.30. The standard InChI is InChI=1S/C15H24N2O4S.ClH/c1-20-10-13-5-3-6-14(9-13)22(18,19)17-11-15(12-21-2)7-4-8-16-15;/h3,5-6,9,16-17H,4,7-8,10-12H2,1-2H3;1H. The van der Waals surface area contributed by atoms with Crippen molar-refractivity contribution in [2.24, 2.45) is 0 Å². The van der Waals surface area contributed by atoms with Crippen molar-refractivity contribution >= 4 is 22.4 Å². The van der Waals surface area contributed by atoms with E-state index >= 15 is 0 Å². The lowest BCUT2D eigenvalue weighted by Crippen LogP contribution is -2.52. The van der Waals surface area contributed by atoms with E-state index in [1.165, 1.54) is 0 Å². The molecule has 1 aliphatic rings. The summed E-state index contributed by atoms with van der Waals surface area (Å²) < 4.78 is 37.9. The molecule has 1 aromatic rings. The Bertz CT molecular complexity index is 589. The molecule has 0 aromatic heterocycles. The molecular formula is C15H25ClN2O4S. The van der Waals surface area contributed by atoms with Gasteiger partial charge in [-0.3, -0.25) is 0 Å². The zero-order chi connectivity index (χ0) is 16.1. The number of rotatable bonds is 8. The maximum absolute atomic E-state index is 12.5. The second-order valence-corrected chi connectivity index (χ2v) is 7.42. The Morgan fingerprint density at radius 3 is 2.70 bits per heavy atom. The van der Waals surface area contributed by atoms with Crippen molar-refractivity contribution in [2.45, 2.75) is 29.9 Å². The number of halogens is 1. The van der Waals surface area contributed by atoms with E-state index in [1.807, 2.05) is 6.07 Å². The number of hydrogen-bond donors (Lipinski definition) is 2. The molecule has 1 unspecified atom stereocenters. The van der Waals surface area contributed by atoms with Crippen LogP contribution in [0.5, 0.6) is 0 Å². The van der Waals surface area contributed by atoms with Crippen LogP contribution in [0.15, 0.2) is 29.2 Å². The van der Waals surface area contributed by atoms with Crippen LogP contribution < -0.4 is 10.0 Å². The third-order valence-corrected chi connectivity index (χ3v) is 5.27. The second-order valence-electron chi connectivity index (χ2n) is 5.65. The molecule has 2 rings (SSSR count). The van der Waals surface area contributed by atoms with Gasteiger partial charge in [0.15, 0.2) is 0 Å². The van der Waals surface area contributed by atoms with Crippen molar-refractivity contribution in [3.63, 3.8) is 0 Å². The number of ether oxygens (including phenoxy) is 2. The number of sulfonamides is 1. The van der Waals surface area contributed by atoms with Gasteiger partial charge in [0.1, 0.15) is 0 Å². The summed E-state index contributed by atoms with van der Waals surface area (Å²) in [6.45, 7) is 2.07. The summed E-state index contributed by atoms with van der Waals surface area (Å²) in [7, 11) is -0.334. The monoisotopic (exact) mass is 364 g/mol.